The Morgan fingerprint density at radius 2 is 2.03 bits per heavy atom. The van der Waals surface area contributed by atoms with E-state index in [4.69, 9.17) is 9.52 Å². The molecule has 0 radical (unpaired) electrons. The van der Waals surface area contributed by atoms with E-state index < -0.39 is 9.84 Å². The maximum Gasteiger partial charge on any atom is 0.154 e. The van der Waals surface area contributed by atoms with Crippen LogP contribution in [0.5, 0.6) is 0 Å². The Morgan fingerprint density at radius 3 is 2.66 bits per heavy atom. The van der Waals surface area contributed by atoms with Gasteiger partial charge in [-0.2, -0.15) is 5.10 Å². The molecule has 7 nitrogen and oxygen atoms in total. The molecule has 4 rings (SSSR count). The first-order valence-corrected chi connectivity index (χ1v) is 11.5. The highest BCUT2D eigenvalue weighted by molar-refractivity contribution is 7.91. The number of aliphatic hydroxyl groups excluding tert-OH is 1. The van der Waals surface area contributed by atoms with Crippen LogP contribution in [-0.4, -0.2) is 58.9 Å². The second-order valence-corrected chi connectivity index (χ2v) is 9.67. The topological polar surface area (TPSA) is 88.6 Å². The van der Waals surface area contributed by atoms with Gasteiger partial charge in [-0.25, -0.2) is 13.1 Å². The van der Waals surface area contributed by atoms with Crippen molar-refractivity contribution in [1.82, 2.24) is 14.7 Å². The number of nitrogens with zero attached hydrogens (tertiary/aromatic N) is 3. The van der Waals surface area contributed by atoms with E-state index in [9.17, 15) is 13.5 Å². The third kappa shape index (κ3) is 4.44. The highest BCUT2D eigenvalue weighted by atomic mass is 32.2. The third-order valence-corrected chi connectivity index (χ3v) is 7.02. The summed E-state index contributed by atoms with van der Waals surface area (Å²) in [5.41, 5.74) is 2.59. The van der Waals surface area contributed by atoms with Gasteiger partial charge in [0.25, 0.3) is 0 Å². The number of rotatable bonds is 7. The number of aryl methyl sites for hydroxylation is 1. The van der Waals surface area contributed by atoms with E-state index in [1.807, 2.05) is 65.2 Å². The van der Waals surface area contributed by atoms with Gasteiger partial charge >= 0.3 is 0 Å². The Kier molecular flexibility index (Phi) is 5.58. The van der Waals surface area contributed by atoms with Crippen LogP contribution in [0.4, 0.5) is 0 Å². The zero-order valence-electron chi connectivity index (χ0n) is 16.4. The number of aliphatic hydroxyl groups is 1. The van der Waals surface area contributed by atoms with E-state index in [2.05, 4.69) is 0 Å². The summed E-state index contributed by atoms with van der Waals surface area (Å²) in [7, 11) is -3.01. The van der Waals surface area contributed by atoms with Crippen LogP contribution in [0.3, 0.4) is 0 Å². The molecule has 1 aliphatic heterocycles. The van der Waals surface area contributed by atoms with Crippen molar-refractivity contribution >= 4 is 9.84 Å². The fourth-order valence-electron chi connectivity index (χ4n) is 3.81. The summed E-state index contributed by atoms with van der Waals surface area (Å²) in [5, 5.41) is 14.3. The normalized spacial score (nSPS) is 18.5. The van der Waals surface area contributed by atoms with Crippen molar-refractivity contribution in [3.8, 4) is 17.1 Å². The lowest BCUT2D eigenvalue weighted by molar-refractivity contribution is 0.154. The summed E-state index contributed by atoms with van der Waals surface area (Å²) in [6.45, 7) is 2.76. The minimum Gasteiger partial charge on any atom is -0.460 e. The van der Waals surface area contributed by atoms with Gasteiger partial charge in [0.05, 0.1) is 23.8 Å². The van der Waals surface area contributed by atoms with Crippen LogP contribution in [0.1, 0.15) is 17.7 Å². The van der Waals surface area contributed by atoms with Gasteiger partial charge in [-0.3, -0.25) is 4.90 Å². The molecule has 29 heavy (non-hydrogen) atoms. The largest absolute Gasteiger partial charge is 0.460 e. The monoisotopic (exact) mass is 415 g/mol. The van der Waals surface area contributed by atoms with E-state index in [0.717, 1.165) is 22.7 Å². The third-order valence-electron chi connectivity index (χ3n) is 5.27. The molecule has 1 unspecified atom stereocenters. The fraction of sp³-hybridized carbons (Fsp3) is 0.381. The molecule has 0 spiro atoms. The molecule has 0 amide bonds. The lowest BCUT2D eigenvalue weighted by Crippen LogP contribution is -2.37. The van der Waals surface area contributed by atoms with Gasteiger partial charge in [0.15, 0.2) is 15.6 Å². The Hall–Kier alpha value is -2.42. The van der Waals surface area contributed by atoms with Gasteiger partial charge in [-0.15, -0.1) is 0 Å². The van der Waals surface area contributed by atoms with Crippen LogP contribution in [0.15, 0.2) is 53.1 Å². The van der Waals surface area contributed by atoms with Crippen LogP contribution in [0.2, 0.25) is 0 Å². The molecule has 1 saturated heterocycles. The molecular weight excluding hydrogens is 390 g/mol. The van der Waals surface area contributed by atoms with E-state index in [0.29, 0.717) is 25.3 Å². The van der Waals surface area contributed by atoms with Gasteiger partial charge in [0.2, 0.25) is 0 Å². The predicted octanol–water partition coefficient (Wildman–Crippen LogP) is 2.42. The zero-order valence-corrected chi connectivity index (χ0v) is 17.2. The predicted molar refractivity (Wildman–Crippen MR) is 111 cm³/mol. The summed E-state index contributed by atoms with van der Waals surface area (Å²) < 4.78 is 31.6. The molecule has 0 aliphatic carbocycles. The molecule has 2 aromatic heterocycles. The van der Waals surface area contributed by atoms with Gasteiger partial charge in [0.1, 0.15) is 11.5 Å². The number of para-hydroxylation sites is 1. The summed E-state index contributed by atoms with van der Waals surface area (Å²) in [6.07, 6.45) is 2.54. The van der Waals surface area contributed by atoms with Crippen LogP contribution >= 0.6 is 0 Å². The number of benzene rings is 1. The second kappa shape index (κ2) is 8.14. The number of furan rings is 1. The van der Waals surface area contributed by atoms with Crippen molar-refractivity contribution in [3.05, 3.63) is 60.0 Å². The van der Waals surface area contributed by atoms with Crippen molar-refractivity contribution in [3.63, 3.8) is 0 Å². The lowest BCUT2D eigenvalue weighted by atomic mass is 10.1. The van der Waals surface area contributed by atoms with E-state index in [1.54, 1.807) is 0 Å². The van der Waals surface area contributed by atoms with E-state index in [1.165, 1.54) is 0 Å². The zero-order chi connectivity index (χ0) is 20.4. The quantitative estimate of drug-likeness (QED) is 0.638. The summed E-state index contributed by atoms with van der Waals surface area (Å²) in [4.78, 5) is 2.04. The maximum atomic E-state index is 12.0. The molecule has 1 fully saturated rings. The number of hydrogen-bond donors (Lipinski definition) is 1. The minimum absolute atomic E-state index is 0.0292. The van der Waals surface area contributed by atoms with Gasteiger partial charge in [-0.05, 0) is 37.6 Å². The van der Waals surface area contributed by atoms with Gasteiger partial charge < -0.3 is 9.52 Å². The summed E-state index contributed by atoms with van der Waals surface area (Å²) >= 11 is 0. The maximum absolute atomic E-state index is 12.0. The molecule has 1 aliphatic rings. The van der Waals surface area contributed by atoms with Crippen molar-refractivity contribution in [1.29, 1.82) is 0 Å². The Balaban J connectivity index is 1.69. The molecular formula is C21H25N3O4S. The van der Waals surface area contributed by atoms with E-state index in [-0.39, 0.29) is 24.2 Å². The average Bonchev–Trinajstić information content (AvgIpc) is 3.40. The lowest BCUT2D eigenvalue weighted by Gasteiger charge is -2.27. The first-order chi connectivity index (χ1) is 13.9. The molecule has 0 saturated carbocycles. The Bertz CT molecular complexity index is 1070. The molecule has 8 heteroatoms. The first kappa shape index (κ1) is 19.9. The average molecular weight is 416 g/mol. The number of sulfone groups is 1. The number of hydrogen-bond acceptors (Lipinski definition) is 6. The van der Waals surface area contributed by atoms with Gasteiger partial charge in [-0.1, -0.05) is 18.2 Å². The van der Waals surface area contributed by atoms with Crippen LogP contribution in [0.25, 0.3) is 17.1 Å². The standard InChI is InChI=1S/C21H25N3O4S/c1-16-7-8-20(28-16)21-17(14-24(22-21)18-5-3-2-4-6-18)13-23(10-11-25)19-9-12-29(26,27)15-19/h2-8,14,19,25H,9-13,15H2,1H3. The van der Waals surface area contributed by atoms with E-state index >= 15 is 0 Å². The number of aromatic nitrogens is 2. The molecule has 1 N–H and O–H groups in total. The Morgan fingerprint density at radius 1 is 1.24 bits per heavy atom. The molecule has 1 aromatic carbocycles. The fourth-order valence-corrected chi connectivity index (χ4v) is 5.57. The molecule has 154 valence electrons. The summed E-state index contributed by atoms with van der Waals surface area (Å²) in [5.74, 6) is 1.81. The molecule has 3 aromatic rings. The van der Waals surface area contributed by atoms with Crippen molar-refractivity contribution in [2.45, 2.75) is 25.9 Å². The second-order valence-electron chi connectivity index (χ2n) is 7.44. The highest BCUT2D eigenvalue weighted by Gasteiger charge is 2.32. The molecule has 1 atom stereocenters. The molecule has 0 bridgehead atoms. The highest BCUT2D eigenvalue weighted by Crippen LogP contribution is 2.28. The smallest absolute Gasteiger partial charge is 0.154 e. The van der Waals surface area contributed by atoms with Crippen molar-refractivity contribution in [2.75, 3.05) is 24.7 Å². The molecule has 3 heterocycles. The van der Waals surface area contributed by atoms with Crippen molar-refractivity contribution in [2.24, 2.45) is 0 Å². The van der Waals surface area contributed by atoms with Gasteiger partial charge in [0, 0.05) is 30.9 Å². The van der Waals surface area contributed by atoms with Crippen LogP contribution < -0.4 is 0 Å². The van der Waals surface area contributed by atoms with Crippen LogP contribution in [-0.2, 0) is 16.4 Å². The minimum atomic E-state index is -3.01. The first-order valence-electron chi connectivity index (χ1n) is 9.71. The Labute approximate surface area is 170 Å². The van der Waals surface area contributed by atoms with Crippen LogP contribution in [0, 0.1) is 6.92 Å². The SMILES string of the molecule is Cc1ccc(-c2nn(-c3ccccc3)cc2CN(CCO)C2CCS(=O)(=O)C2)o1. The van der Waals surface area contributed by atoms with Crippen molar-refractivity contribution < 1.29 is 17.9 Å². The summed E-state index contributed by atoms with van der Waals surface area (Å²) in [6, 6.07) is 13.5.